The molecule has 0 fully saturated rings. The Morgan fingerprint density at radius 3 is 1.50 bits per heavy atom. The summed E-state index contributed by atoms with van der Waals surface area (Å²) in [6, 6.07) is 0. The van der Waals surface area contributed by atoms with Gasteiger partial charge in [-0.1, -0.05) is 46.5 Å². The first-order valence-corrected chi connectivity index (χ1v) is 4.39. The molecule has 0 aromatic rings. The van der Waals surface area contributed by atoms with Crippen LogP contribution in [0.2, 0.25) is 0 Å². The van der Waals surface area contributed by atoms with Gasteiger partial charge in [-0.25, -0.2) is 0 Å². The van der Waals surface area contributed by atoms with Crippen LogP contribution < -0.4 is 5.73 Å². The Bertz CT molecular complexity index is 38.0. The van der Waals surface area contributed by atoms with Crippen molar-refractivity contribution in [3.8, 4) is 0 Å². The van der Waals surface area contributed by atoms with Crippen LogP contribution in [0.3, 0.4) is 0 Å². The molecule has 0 heterocycles. The molecular weight excluding hydrogens is 122 g/mol. The first-order valence-electron chi connectivity index (χ1n) is 4.39. The molecule has 2 N–H and O–H groups in total. The highest BCUT2D eigenvalue weighted by Gasteiger charge is 1.95. The van der Waals surface area contributed by atoms with Crippen molar-refractivity contribution in [3.63, 3.8) is 0 Å². The third kappa shape index (κ3) is 10.9. The SMILES string of the molecule is CCCC(C)CCC.CN. The molecular formula is C9H23N. The van der Waals surface area contributed by atoms with Gasteiger partial charge in [-0.05, 0) is 13.0 Å². The maximum absolute atomic E-state index is 4.50. The van der Waals surface area contributed by atoms with E-state index >= 15 is 0 Å². The molecule has 0 radical (unpaired) electrons. The molecule has 0 aliphatic heterocycles. The van der Waals surface area contributed by atoms with Crippen molar-refractivity contribution in [3.05, 3.63) is 0 Å². The van der Waals surface area contributed by atoms with E-state index in [0.717, 1.165) is 5.92 Å². The van der Waals surface area contributed by atoms with E-state index in [1.807, 2.05) is 0 Å². The van der Waals surface area contributed by atoms with Crippen LogP contribution in [0.15, 0.2) is 0 Å². The molecule has 0 aromatic heterocycles. The highest BCUT2D eigenvalue weighted by atomic mass is 14.4. The quantitative estimate of drug-likeness (QED) is 0.646. The second kappa shape index (κ2) is 11.7. The van der Waals surface area contributed by atoms with Gasteiger partial charge >= 0.3 is 0 Å². The van der Waals surface area contributed by atoms with Crippen molar-refractivity contribution < 1.29 is 0 Å². The molecule has 0 aliphatic rings. The molecule has 0 bridgehead atoms. The summed E-state index contributed by atoms with van der Waals surface area (Å²) >= 11 is 0. The second-order valence-corrected chi connectivity index (χ2v) is 2.68. The molecule has 0 aromatic carbocycles. The average molecular weight is 145 g/mol. The maximum Gasteiger partial charge on any atom is -0.0195 e. The lowest BCUT2D eigenvalue weighted by Gasteiger charge is -2.05. The molecule has 0 saturated carbocycles. The predicted molar refractivity (Wildman–Crippen MR) is 49.1 cm³/mol. The summed E-state index contributed by atoms with van der Waals surface area (Å²) in [6.45, 7) is 6.85. The lowest BCUT2D eigenvalue weighted by Crippen LogP contribution is -1.91. The van der Waals surface area contributed by atoms with Gasteiger partial charge in [0.2, 0.25) is 0 Å². The number of hydrogen-bond acceptors (Lipinski definition) is 1. The van der Waals surface area contributed by atoms with E-state index in [1.165, 1.54) is 32.7 Å². The Balaban J connectivity index is 0. The monoisotopic (exact) mass is 145 g/mol. The number of hydrogen-bond donors (Lipinski definition) is 1. The van der Waals surface area contributed by atoms with Gasteiger partial charge in [0.05, 0.1) is 0 Å². The van der Waals surface area contributed by atoms with Crippen LogP contribution >= 0.6 is 0 Å². The van der Waals surface area contributed by atoms with Gasteiger partial charge in [0.25, 0.3) is 0 Å². The lowest BCUT2D eigenvalue weighted by atomic mass is 10.0. The van der Waals surface area contributed by atoms with Crippen LogP contribution in [0.4, 0.5) is 0 Å². The van der Waals surface area contributed by atoms with E-state index in [-0.39, 0.29) is 0 Å². The second-order valence-electron chi connectivity index (χ2n) is 2.68. The summed E-state index contributed by atoms with van der Waals surface area (Å²) in [6.07, 6.45) is 5.52. The molecule has 0 amide bonds. The van der Waals surface area contributed by atoms with E-state index in [4.69, 9.17) is 0 Å². The van der Waals surface area contributed by atoms with E-state index in [1.54, 1.807) is 0 Å². The average Bonchev–Trinajstić information content (AvgIpc) is 1.93. The van der Waals surface area contributed by atoms with Crippen LogP contribution in [0.25, 0.3) is 0 Å². The maximum atomic E-state index is 4.50. The largest absolute Gasteiger partial charge is 0.333 e. The zero-order chi connectivity index (χ0) is 8.41. The Hall–Kier alpha value is -0.0400. The summed E-state index contributed by atoms with van der Waals surface area (Å²) in [4.78, 5) is 0. The van der Waals surface area contributed by atoms with Crippen molar-refractivity contribution in [1.29, 1.82) is 0 Å². The normalized spacial score (nSPS) is 9.00. The van der Waals surface area contributed by atoms with E-state index < -0.39 is 0 Å². The fraction of sp³-hybridized carbons (Fsp3) is 1.00. The van der Waals surface area contributed by atoms with Crippen LogP contribution in [0, 0.1) is 5.92 Å². The molecule has 1 heteroatoms. The fourth-order valence-corrected chi connectivity index (χ4v) is 1.13. The van der Waals surface area contributed by atoms with Gasteiger partial charge < -0.3 is 5.73 Å². The van der Waals surface area contributed by atoms with Crippen molar-refractivity contribution in [1.82, 2.24) is 0 Å². The highest BCUT2D eigenvalue weighted by molar-refractivity contribution is 4.48. The Morgan fingerprint density at radius 2 is 1.30 bits per heavy atom. The van der Waals surface area contributed by atoms with E-state index in [0.29, 0.717) is 0 Å². The third-order valence-electron chi connectivity index (χ3n) is 1.56. The van der Waals surface area contributed by atoms with Crippen LogP contribution in [0.5, 0.6) is 0 Å². The fourth-order valence-electron chi connectivity index (χ4n) is 1.13. The first-order chi connectivity index (χ1) is 4.81. The summed E-state index contributed by atoms with van der Waals surface area (Å²) in [5.41, 5.74) is 4.50. The minimum Gasteiger partial charge on any atom is -0.333 e. The molecule has 64 valence electrons. The van der Waals surface area contributed by atoms with Crippen molar-refractivity contribution in [2.45, 2.75) is 46.5 Å². The minimum absolute atomic E-state index is 0.963. The number of nitrogens with two attached hydrogens (primary N) is 1. The molecule has 1 nitrogen and oxygen atoms in total. The summed E-state index contributed by atoms with van der Waals surface area (Å²) in [5.74, 6) is 0.963. The van der Waals surface area contributed by atoms with Gasteiger partial charge in [-0.2, -0.15) is 0 Å². The summed E-state index contributed by atoms with van der Waals surface area (Å²) in [7, 11) is 1.50. The van der Waals surface area contributed by atoms with Gasteiger partial charge in [0.1, 0.15) is 0 Å². The van der Waals surface area contributed by atoms with Crippen molar-refractivity contribution in [2.24, 2.45) is 11.7 Å². The van der Waals surface area contributed by atoms with Crippen molar-refractivity contribution >= 4 is 0 Å². The van der Waals surface area contributed by atoms with Gasteiger partial charge in [-0.3, -0.25) is 0 Å². The van der Waals surface area contributed by atoms with Crippen LogP contribution in [0.1, 0.15) is 46.5 Å². The molecule has 10 heavy (non-hydrogen) atoms. The van der Waals surface area contributed by atoms with Gasteiger partial charge in [0.15, 0.2) is 0 Å². The lowest BCUT2D eigenvalue weighted by molar-refractivity contribution is 0.480. The third-order valence-corrected chi connectivity index (χ3v) is 1.56. The Kier molecular flexibility index (Phi) is 14.8. The zero-order valence-electron chi connectivity index (χ0n) is 7.98. The molecule has 0 atom stereocenters. The van der Waals surface area contributed by atoms with Crippen LogP contribution in [-0.4, -0.2) is 7.05 Å². The topological polar surface area (TPSA) is 26.0 Å². The Morgan fingerprint density at radius 1 is 1.00 bits per heavy atom. The minimum atomic E-state index is 0.963. The predicted octanol–water partition coefficient (Wildman–Crippen LogP) is 2.80. The number of rotatable bonds is 4. The zero-order valence-corrected chi connectivity index (χ0v) is 7.98. The molecule has 0 rings (SSSR count). The van der Waals surface area contributed by atoms with Crippen LogP contribution in [-0.2, 0) is 0 Å². The van der Waals surface area contributed by atoms with Gasteiger partial charge in [0, 0.05) is 0 Å². The Labute approximate surface area is 66.0 Å². The summed E-state index contributed by atoms with van der Waals surface area (Å²) < 4.78 is 0. The summed E-state index contributed by atoms with van der Waals surface area (Å²) in [5, 5.41) is 0. The highest BCUT2D eigenvalue weighted by Crippen LogP contribution is 2.10. The van der Waals surface area contributed by atoms with E-state index in [9.17, 15) is 0 Å². The molecule has 0 aliphatic carbocycles. The standard InChI is InChI=1S/C8H18.CH5N/c1-4-6-8(3)7-5-2;1-2/h8H,4-7H2,1-3H3;2H2,1H3. The molecule has 0 saturated heterocycles. The van der Waals surface area contributed by atoms with E-state index in [2.05, 4.69) is 26.5 Å². The smallest absolute Gasteiger partial charge is 0.0195 e. The molecule has 0 unspecified atom stereocenters. The molecule has 0 spiro atoms. The van der Waals surface area contributed by atoms with Crippen molar-refractivity contribution in [2.75, 3.05) is 7.05 Å². The van der Waals surface area contributed by atoms with Gasteiger partial charge in [-0.15, -0.1) is 0 Å². The first kappa shape index (κ1) is 12.6.